The number of rotatable bonds is 76. The smallest absolute Gasteiger partial charge is 0.416 e. The molecule has 0 N–H and O–H groups in total. The number of hydrogen-bond donors (Lipinski definition) is 0. The molecule has 0 spiro atoms. The number of ether oxygens (including phenoxy) is 24. The van der Waals surface area contributed by atoms with E-state index < -0.39 is 34.2 Å². The molecule has 560 valence electrons. The molecular formula is C60H132BNaO28Si4. The zero-order chi connectivity index (χ0) is 66.6. The van der Waals surface area contributed by atoms with E-state index in [0.717, 1.165) is 25.7 Å². The van der Waals surface area contributed by atoms with Gasteiger partial charge in [-0.15, -0.1) is 0 Å². The Kier molecular flexibility index (Phi) is 75.8. The van der Waals surface area contributed by atoms with E-state index in [1.165, 1.54) is 0 Å². The molecule has 28 nitrogen and oxygen atoms in total. The first-order valence-corrected chi connectivity index (χ1v) is 43.5. The van der Waals surface area contributed by atoms with Crippen molar-refractivity contribution in [2.45, 2.75) is 76.0 Å². The van der Waals surface area contributed by atoms with Crippen molar-refractivity contribution in [1.29, 1.82) is 0 Å². The molecule has 0 aromatic heterocycles. The Balaban J connectivity index is 0. The fourth-order valence-electron chi connectivity index (χ4n) is 8.80. The van der Waals surface area contributed by atoms with Gasteiger partial charge in [0.05, 0.1) is 264 Å². The predicted molar refractivity (Wildman–Crippen MR) is 364 cm³/mol. The van der Waals surface area contributed by atoms with Crippen molar-refractivity contribution < 1.29 is 160 Å². The van der Waals surface area contributed by atoms with Gasteiger partial charge in [0.2, 0.25) is 0 Å². The Hall–Kier alpha value is 0.812. The minimum absolute atomic E-state index is 0. The van der Waals surface area contributed by atoms with Crippen LogP contribution in [0.25, 0.3) is 0 Å². The maximum absolute atomic E-state index is 7.45. The van der Waals surface area contributed by atoms with Crippen molar-refractivity contribution in [2.24, 2.45) is 0 Å². The molecule has 94 heavy (non-hydrogen) atoms. The van der Waals surface area contributed by atoms with E-state index in [1.807, 2.05) is 0 Å². The van der Waals surface area contributed by atoms with Crippen LogP contribution in [0.4, 0.5) is 0 Å². The molecule has 1 heterocycles. The standard InChI is InChI=1S/C60H128O28Si4.BH4.Na/c1-61-17-21-69-33-37-77-49-53-81-45-41-73-29-25-65-13-9-57-89(5)85-90(6,58-10-14-66-26-30-74-42-46-82-54-50-78-38-34-70-22-18-62-2)87-92(8,60-12-16-68-28-32-76-44-48-84-56-52-80-40-36-72-24-20-64-4)88-91(7,86-89)59-11-15-67-27-31-75-43-47-83-55-51-79-39-35-71-23-19-63-3;;/h9-60H2,1-8H3;1H4;/q;-1;+1. The third kappa shape index (κ3) is 66.1. The van der Waals surface area contributed by atoms with Gasteiger partial charge in [0.1, 0.15) is 0 Å². The van der Waals surface area contributed by atoms with Crippen molar-refractivity contribution in [1.82, 2.24) is 0 Å². The van der Waals surface area contributed by atoms with Gasteiger partial charge in [-0.3, -0.25) is 0 Å². The first kappa shape index (κ1) is 96.9. The molecule has 1 fully saturated rings. The molecule has 0 saturated carbocycles. The average Bonchev–Trinajstić information content (AvgIpc) is 0.772. The molecule has 0 amide bonds. The second-order valence-corrected chi connectivity index (χ2v) is 35.9. The number of hydrogen-bond acceptors (Lipinski definition) is 28. The predicted octanol–water partition coefficient (Wildman–Crippen LogP) is 0.385. The van der Waals surface area contributed by atoms with Gasteiger partial charge in [0.15, 0.2) is 0 Å². The van der Waals surface area contributed by atoms with Gasteiger partial charge in [-0.2, -0.15) is 0 Å². The summed E-state index contributed by atoms with van der Waals surface area (Å²) in [6, 6.07) is 2.80. The van der Waals surface area contributed by atoms with Crippen LogP contribution in [-0.4, -0.2) is 362 Å². The molecule has 0 radical (unpaired) electrons. The van der Waals surface area contributed by atoms with Crippen LogP contribution in [0.15, 0.2) is 0 Å². The van der Waals surface area contributed by atoms with Crippen LogP contribution in [0.2, 0.25) is 50.4 Å². The molecule has 0 bridgehead atoms. The zero-order valence-corrected chi connectivity index (χ0v) is 65.2. The third-order valence-electron chi connectivity index (χ3n) is 13.1. The van der Waals surface area contributed by atoms with E-state index in [2.05, 4.69) is 26.2 Å². The fraction of sp³-hybridized carbons (Fsp3) is 1.00. The molecular weight excluding hydrogens is 1310 g/mol. The average molecular weight is 1450 g/mol. The normalized spacial score (nSPS) is 19.1. The summed E-state index contributed by atoms with van der Waals surface area (Å²) in [5, 5.41) is 0. The maximum Gasteiger partial charge on any atom is 1.00 e. The monoisotopic (exact) mass is 1450 g/mol. The summed E-state index contributed by atoms with van der Waals surface area (Å²) in [4.78, 5) is 0. The van der Waals surface area contributed by atoms with Crippen LogP contribution in [-0.2, 0) is 130 Å². The summed E-state index contributed by atoms with van der Waals surface area (Å²) in [7, 11) is -5.27. The Bertz CT molecular complexity index is 1290. The first-order valence-electron chi connectivity index (χ1n) is 33.4. The Morgan fingerprint density at radius 3 is 0.372 bits per heavy atom. The molecule has 0 atom stereocenters. The maximum atomic E-state index is 7.45. The Labute approximate surface area is 594 Å². The van der Waals surface area contributed by atoms with Crippen LogP contribution in [0.5, 0.6) is 0 Å². The largest absolute Gasteiger partial charge is 1.00 e. The molecule has 0 aromatic carbocycles. The fourth-order valence-corrected chi connectivity index (χ4v) is 32.0. The molecule has 1 aliphatic rings. The summed E-state index contributed by atoms with van der Waals surface area (Å²) in [5.74, 6) is 0. The van der Waals surface area contributed by atoms with Crippen molar-refractivity contribution in [3.8, 4) is 0 Å². The number of methoxy groups -OCH3 is 4. The van der Waals surface area contributed by atoms with Crippen LogP contribution in [0, 0.1) is 0 Å². The van der Waals surface area contributed by atoms with Crippen molar-refractivity contribution in [3.63, 3.8) is 0 Å². The van der Waals surface area contributed by atoms with E-state index in [1.54, 1.807) is 28.4 Å². The molecule has 1 saturated heterocycles. The Morgan fingerprint density at radius 2 is 0.266 bits per heavy atom. The van der Waals surface area contributed by atoms with Gasteiger partial charge < -0.3 is 130 Å². The SMILES string of the molecule is COCCOCCOCCOCCOCCOCCC[Si]1(C)O[Si](C)(CCCOCCOCCOCCOCCOCCOC)O[Si](C)(CCCOCCOCCOCCOCCOCCOC)O[Si](C)(CCCOCCOCCOCCOCCOCCOC)O1.[BH4-].[Na+]. The van der Waals surface area contributed by atoms with Crippen LogP contribution in [0.3, 0.4) is 0 Å². The van der Waals surface area contributed by atoms with Crippen molar-refractivity contribution in [2.75, 3.05) is 319 Å². The van der Waals surface area contributed by atoms with Crippen LogP contribution < -0.4 is 29.6 Å². The van der Waals surface area contributed by atoms with Gasteiger partial charge in [-0.1, -0.05) is 8.41 Å². The van der Waals surface area contributed by atoms with Gasteiger partial charge in [0, 0.05) is 54.9 Å². The van der Waals surface area contributed by atoms with Gasteiger partial charge in [0.25, 0.3) is 0 Å². The zero-order valence-electron chi connectivity index (χ0n) is 59.2. The topological polar surface area (TPSA) is 258 Å². The summed E-state index contributed by atoms with van der Waals surface area (Å²) in [5.41, 5.74) is 0. The molecule has 34 heteroatoms. The van der Waals surface area contributed by atoms with Gasteiger partial charge >= 0.3 is 63.8 Å². The molecule has 1 aliphatic heterocycles. The van der Waals surface area contributed by atoms with E-state index in [9.17, 15) is 0 Å². The second-order valence-electron chi connectivity index (χ2n) is 21.6. The minimum atomic E-state index is -2.97. The summed E-state index contributed by atoms with van der Waals surface area (Å²) < 4.78 is 164. The van der Waals surface area contributed by atoms with E-state index in [-0.39, 0.29) is 38.0 Å². The minimum Gasteiger partial charge on any atom is -0.416 e. The molecule has 0 unspecified atom stereocenters. The van der Waals surface area contributed by atoms with E-state index in [0.29, 0.717) is 315 Å². The second kappa shape index (κ2) is 73.6. The summed E-state index contributed by atoms with van der Waals surface area (Å²) in [6.45, 7) is 30.8. The van der Waals surface area contributed by atoms with Crippen LogP contribution in [0.1, 0.15) is 25.7 Å². The molecule has 1 rings (SSSR count). The Morgan fingerprint density at radius 1 is 0.170 bits per heavy atom. The van der Waals surface area contributed by atoms with Gasteiger partial charge in [-0.25, -0.2) is 0 Å². The molecule has 0 aromatic rings. The third-order valence-corrected chi connectivity index (χ3v) is 31.9. The summed E-state index contributed by atoms with van der Waals surface area (Å²) in [6.07, 6.45) is 2.95. The quantitative estimate of drug-likeness (QED) is 0.0589. The van der Waals surface area contributed by atoms with Crippen LogP contribution >= 0.6 is 0 Å². The summed E-state index contributed by atoms with van der Waals surface area (Å²) >= 11 is 0. The van der Waals surface area contributed by atoms with E-state index >= 15 is 0 Å². The van der Waals surface area contributed by atoms with Crippen molar-refractivity contribution in [3.05, 3.63) is 0 Å². The van der Waals surface area contributed by atoms with Crippen molar-refractivity contribution >= 4 is 42.7 Å². The molecule has 0 aliphatic carbocycles. The van der Waals surface area contributed by atoms with Gasteiger partial charge in [-0.05, 0) is 76.0 Å². The van der Waals surface area contributed by atoms with E-state index in [4.69, 9.17) is 130 Å². The first-order chi connectivity index (χ1) is 45.1.